The van der Waals surface area contributed by atoms with Gasteiger partial charge in [0.1, 0.15) is 12.0 Å². The molecule has 0 saturated carbocycles. The third kappa shape index (κ3) is 2.79. The standard InChI is InChI=1S/C12H17N7O/c1-13-10-15-11(14-8-9-4-7-20-18-9)17-12(16-10)19-5-2-3-6-19/h4,7H,2-3,5-6,8H2,1H3,(H2,13,14,15,16,17). The summed E-state index contributed by atoms with van der Waals surface area (Å²) in [5.74, 6) is 1.81. The SMILES string of the molecule is CNc1nc(NCc2ccon2)nc(N2CCCC2)n1. The van der Waals surface area contributed by atoms with E-state index in [1.807, 2.05) is 0 Å². The third-order valence-corrected chi connectivity index (χ3v) is 3.15. The lowest BCUT2D eigenvalue weighted by atomic mass is 10.4. The Morgan fingerprint density at radius 2 is 2.00 bits per heavy atom. The van der Waals surface area contributed by atoms with Crippen LogP contribution in [0.25, 0.3) is 0 Å². The Morgan fingerprint density at radius 3 is 2.70 bits per heavy atom. The molecule has 0 spiro atoms. The summed E-state index contributed by atoms with van der Waals surface area (Å²) in [6, 6.07) is 1.80. The lowest BCUT2D eigenvalue weighted by Gasteiger charge is -2.16. The fraction of sp³-hybridized carbons (Fsp3) is 0.500. The number of nitrogens with one attached hydrogen (secondary N) is 2. The van der Waals surface area contributed by atoms with Crippen molar-refractivity contribution in [2.75, 3.05) is 35.7 Å². The van der Waals surface area contributed by atoms with Gasteiger partial charge in [-0.1, -0.05) is 5.16 Å². The van der Waals surface area contributed by atoms with Crippen molar-refractivity contribution in [3.8, 4) is 0 Å². The molecule has 8 nitrogen and oxygen atoms in total. The number of hydrogen-bond donors (Lipinski definition) is 2. The zero-order valence-corrected chi connectivity index (χ0v) is 11.3. The topological polar surface area (TPSA) is 92.0 Å². The second kappa shape index (κ2) is 5.72. The third-order valence-electron chi connectivity index (χ3n) is 3.15. The van der Waals surface area contributed by atoms with E-state index >= 15 is 0 Å². The van der Waals surface area contributed by atoms with Crippen molar-refractivity contribution in [1.82, 2.24) is 20.1 Å². The fourth-order valence-electron chi connectivity index (χ4n) is 2.11. The molecule has 0 aromatic carbocycles. The smallest absolute Gasteiger partial charge is 0.231 e. The molecule has 0 amide bonds. The van der Waals surface area contributed by atoms with Gasteiger partial charge >= 0.3 is 0 Å². The molecule has 3 heterocycles. The number of anilines is 3. The van der Waals surface area contributed by atoms with Crippen LogP contribution >= 0.6 is 0 Å². The second-order valence-electron chi connectivity index (χ2n) is 4.57. The first-order valence-corrected chi connectivity index (χ1v) is 6.67. The summed E-state index contributed by atoms with van der Waals surface area (Å²) in [6.07, 6.45) is 3.91. The van der Waals surface area contributed by atoms with E-state index < -0.39 is 0 Å². The first-order chi connectivity index (χ1) is 9.85. The zero-order chi connectivity index (χ0) is 13.8. The van der Waals surface area contributed by atoms with Crippen LogP contribution in [0.15, 0.2) is 16.9 Å². The highest BCUT2D eigenvalue weighted by Gasteiger charge is 2.17. The van der Waals surface area contributed by atoms with Gasteiger partial charge in [-0.3, -0.25) is 0 Å². The van der Waals surface area contributed by atoms with Gasteiger partial charge < -0.3 is 20.1 Å². The van der Waals surface area contributed by atoms with Crippen molar-refractivity contribution in [2.24, 2.45) is 0 Å². The van der Waals surface area contributed by atoms with E-state index in [1.165, 1.54) is 12.8 Å². The molecule has 106 valence electrons. The van der Waals surface area contributed by atoms with Crippen LogP contribution in [0.5, 0.6) is 0 Å². The molecule has 0 bridgehead atoms. The molecule has 8 heteroatoms. The number of rotatable bonds is 5. The molecule has 0 aliphatic carbocycles. The van der Waals surface area contributed by atoms with Crippen molar-refractivity contribution in [3.63, 3.8) is 0 Å². The van der Waals surface area contributed by atoms with Crippen molar-refractivity contribution in [3.05, 3.63) is 18.0 Å². The van der Waals surface area contributed by atoms with E-state index in [2.05, 4.69) is 35.6 Å². The van der Waals surface area contributed by atoms with Gasteiger partial charge in [-0.15, -0.1) is 0 Å². The molecule has 20 heavy (non-hydrogen) atoms. The lowest BCUT2D eigenvalue weighted by Crippen LogP contribution is -2.22. The lowest BCUT2D eigenvalue weighted by molar-refractivity contribution is 0.412. The van der Waals surface area contributed by atoms with Gasteiger partial charge in [0.15, 0.2) is 0 Å². The molecule has 0 radical (unpaired) electrons. The molecule has 0 unspecified atom stereocenters. The molecule has 1 aliphatic heterocycles. The Balaban J connectivity index is 1.76. The Bertz CT molecular complexity index is 551. The van der Waals surface area contributed by atoms with Gasteiger partial charge in [-0.25, -0.2) is 0 Å². The second-order valence-corrected chi connectivity index (χ2v) is 4.57. The van der Waals surface area contributed by atoms with Crippen molar-refractivity contribution in [1.29, 1.82) is 0 Å². The summed E-state index contributed by atoms with van der Waals surface area (Å²) in [4.78, 5) is 15.3. The maximum Gasteiger partial charge on any atom is 0.231 e. The highest BCUT2D eigenvalue weighted by Crippen LogP contribution is 2.18. The van der Waals surface area contributed by atoms with Crippen LogP contribution in [-0.4, -0.2) is 40.2 Å². The summed E-state index contributed by atoms with van der Waals surface area (Å²) < 4.78 is 4.79. The highest BCUT2D eigenvalue weighted by molar-refractivity contribution is 5.44. The quantitative estimate of drug-likeness (QED) is 0.838. The van der Waals surface area contributed by atoms with Crippen molar-refractivity contribution >= 4 is 17.8 Å². The monoisotopic (exact) mass is 275 g/mol. The predicted molar refractivity (Wildman–Crippen MR) is 74.7 cm³/mol. The van der Waals surface area contributed by atoms with Crippen LogP contribution in [0.3, 0.4) is 0 Å². The predicted octanol–water partition coefficient (Wildman–Crippen LogP) is 1.11. The van der Waals surface area contributed by atoms with Crippen LogP contribution < -0.4 is 15.5 Å². The normalized spacial score (nSPS) is 14.6. The van der Waals surface area contributed by atoms with E-state index in [0.29, 0.717) is 24.4 Å². The van der Waals surface area contributed by atoms with Gasteiger partial charge in [-0.2, -0.15) is 15.0 Å². The van der Waals surface area contributed by atoms with E-state index in [4.69, 9.17) is 4.52 Å². The molecule has 2 aromatic rings. The Morgan fingerprint density at radius 1 is 1.20 bits per heavy atom. The molecular weight excluding hydrogens is 258 g/mol. The minimum Gasteiger partial charge on any atom is -0.364 e. The fourth-order valence-corrected chi connectivity index (χ4v) is 2.11. The molecule has 1 fully saturated rings. The largest absolute Gasteiger partial charge is 0.364 e. The van der Waals surface area contributed by atoms with Crippen molar-refractivity contribution in [2.45, 2.75) is 19.4 Å². The summed E-state index contributed by atoms with van der Waals surface area (Å²) in [5.41, 5.74) is 0.805. The van der Waals surface area contributed by atoms with Crippen LogP contribution in [-0.2, 0) is 6.54 Å². The molecule has 3 rings (SSSR count). The summed E-state index contributed by atoms with van der Waals surface area (Å²) in [6.45, 7) is 2.51. The first-order valence-electron chi connectivity index (χ1n) is 6.67. The minimum absolute atomic E-state index is 0.517. The molecule has 1 saturated heterocycles. The number of nitrogens with zero attached hydrogens (tertiary/aromatic N) is 5. The van der Waals surface area contributed by atoms with E-state index in [-0.39, 0.29) is 0 Å². The molecule has 0 atom stereocenters. The van der Waals surface area contributed by atoms with Gasteiger partial charge in [-0.05, 0) is 12.8 Å². The highest BCUT2D eigenvalue weighted by atomic mass is 16.5. The van der Waals surface area contributed by atoms with Crippen LogP contribution in [0.1, 0.15) is 18.5 Å². The van der Waals surface area contributed by atoms with Crippen molar-refractivity contribution < 1.29 is 4.52 Å². The Hall–Kier alpha value is -2.38. The molecule has 2 aromatic heterocycles. The van der Waals surface area contributed by atoms with Gasteiger partial charge in [0.2, 0.25) is 17.8 Å². The van der Waals surface area contributed by atoms with E-state index in [1.54, 1.807) is 19.4 Å². The average molecular weight is 275 g/mol. The van der Waals surface area contributed by atoms with Gasteiger partial charge in [0, 0.05) is 26.2 Å². The summed E-state index contributed by atoms with van der Waals surface area (Å²) >= 11 is 0. The molecular formula is C12H17N7O. The number of hydrogen-bond acceptors (Lipinski definition) is 8. The van der Waals surface area contributed by atoms with Gasteiger partial charge in [0.25, 0.3) is 0 Å². The average Bonchev–Trinajstić information content (AvgIpc) is 3.17. The van der Waals surface area contributed by atoms with Crippen LogP contribution in [0.2, 0.25) is 0 Å². The molecule has 2 N–H and O–H groups in total. The zero-order valence-electron chi connectivity index (χ0n) is 11.3. The molecule has 1 aliphatic rings. The minimum atomic E-state index is 0.517. The maximum atomic E-state index is 4.79. The van der Waals surface area contributed by atoms with Gasteiger partial charge in [0.05, 0.1) is 6.54 Å². The van der Waals surface area contributed by atoms with E-state index in [9.17, 15) is 0 Å². The number of aromatic nitrogens is 4. The van der Waals surface area contributed by atoms with Crippen LogP contribution in [0, 0.1) is 0 Å². The van der Waals surface area contributed by atoms with E-state index in [0.717, 1.165) is 18.8 Å². The summed E-state index contributed by atoms with van der Waals surface area (Å²) in [5, 5.41) is 9.93. The first kappa shape index (κ1) is 12.6. The van der Waals surface area contributed by atoms with Crippen LogP contribution in [0.4, 0.5) is 17.8 Å². The summed E-state index contributed by atoms with van der Waals surface area (Å²) in [7, 11) is 1.80. The maximum absolute atomic E-state index is 4.79. The Labute approximate surface area is 116 Å². The Kier molecular flexibility index (Phi) is 3.62.